The molecule has 0 saturated carbocycles. The van der Waals surface area contributed by atoms with Gasteiger partial charge >= 0.3 is 0 Å². The van der Waals surface area contributed by atoms with Gasteiger partial charge in [0.15, 0.2) is 0 Å². The Labute approximate surface area is 102 Å². The topological polar surface area (TPSA) is 29.3 Å². The lowest BCUT2D eigenvalue weighted by atomic mass is 9.97. The Hall–Kier alpha value is -0.380. The van der Waals surface area contributed by atoms with Crippen LogP contribution in [0.5, 0.6) is 0 Å². The number of rotatable bonds is 3. The first-order valence-corrected chi connectivity index (χ1v) is 7.03. The lowest BCUT2D eigenvalue weighted by Crippen LogP contribution is -2.48. The van der Waals surface area contributed by atoms with Crippen molar-refractivity contribution in [1.29, 1.82) is 0 Å². The minimum atomic E-state index is 0.293. The molecule has 3 heteroatoms. The largest absolute Gasteiger partial charge is 0.327 e. The normalized spacial score (nSPS) is 24.6. The van der Waals surface area contributed by atoms with Crippen molar-refractivity contribution < 1.29 is 0 Å². The quantitative estimate of drug-likeness (QED) is 0.877. The third kappa shape index (κ3) is 2.84. The van der Waals surface area contributed by atoms with Gasteiger partial charge < -0.3 is 5.73 Å². The summed E-state index contributed by atoms with van der Waals surface area (Å²) in [4.78, 5) is 5.45. The van der Waals surface area contributed by atoms with Crippen LogP contribution in [-0.2, 0) is 6.54 Å². The molecule has 1 aliphatic heterocycles. The smallest absolute Gasteiger partial charge is 0.0331 e. The van der Waals surface area contributed by atoms with Crippen molar-refractivity contribution in [2.75, 3.05) is 6.54 Å². The highest BCUT2D eigenvalue weighted by molar-refractivity contribution is 7.11. The Morgan fingerprint density at radius 2 is 2.31 bits per heavy atom. The third-order valence-corrected chi connectivity index (χ3v) is 4.41. The van der Waals surface area contributed by atoms with Gasteiger partial charge in [0.2, 0.25) is 0 Å². The van der Waals surface area contributed by atoms with Gasteiger partial charge in [-0.2, -0.15) is 0 Å². The first kappa shape index (κ1) is 12.1. The van der Waals surface area contributed by atoms with Gasteiger partial charge in [-0.1, -0.05) is 6.42 Å². The van der Waals surface area contributed by atoms with Gasteiger partial charge in [-0.05, 0) is 45.4 Å². The standard InChI is InChI=1S/C13H22N2S/c1-10-6-7-12(16-10)9-15-8-4-3-5-13(15)11(2)14/h6-7,11,13H,3-5,8-9,14H2,1-2H3. The maximum Gasteiger partial charge on any atom is 0.0331 e. The molecule has 2 nitrogen and oxygen atoms in total. The molecule has 1 aromatic rings. The number of piperidine rings is 1. The van der Waals surface area contributed by atoms with E-state index in [-0.39, 0.29) is 0 Å². The zero-order valence-electron chi connectivity index (χ0n) is 10.3. The Morgan fingerprint density at radius 3 is 2.94 bits per heavy atom. The average Bonchev–Trinajstić information content (AvgIpc) is 2.64. The molecule has 1 fully saturated rings. The summed E-state index contributed by atoms with van der Waals surface area (Å²) < 4.78 is 0. The first-order chi connectivity index (χ1) is 7.66. The monoisotopic (exact) mass is 238 g/mol. The predicted octanol–water partition coefficient (Wildman–Crippen LogP) is 2.76. The van der Waals surface area contributed by atoms with Crippen LogP contribution in [-0.4, -0.2) is 23.5 Å². The summed E-state index contributed by atoms with van der Waals surface area (Å²) in [5.74, 6) is 0. The van der Waals surface area contributed by atoms with Gasteiger partial charge in [0.1, 0.15) is 0 Å². The molecular weight excluding hydrogens is 216 g/mol. The van der Waals surface area contributed by atoms with Gasteiger partial charge in [-0.25, -0.2) is 0 Å². The van der Waals surface area contributed by atoms with E-state index in [1.807, 2.05) is 11.3 Å². The van der Waals surface area contributed by atoms with Crippen molar-refractivity contribution in [3.8, 4) is 0 Å². The number of nitrogens with zero attached hydrogens (tertiary/aromatic N) is 1. The maximum absolute atomic E-state index is 6.08. The van der Waals surface area contributed by atoms with Crippen LogP contribution in [0.15, 0.2) is 12.1 Å². The molecule has 2 rings (SSSR count). The molecular formula is C13H22N2S. The molecule has 2 N–H and O–H groups in total. The Morgan fingerprint density at radius 1 is 1.50 bits per heavy atom. The SMILES string of the molecule is Cc1ccc(CN2CCCCC2C(C)N)s1. The van der Waals surface area contributed by atoms with Crippen LogP contribution in [0.4, 0.5) is 0 Å². The summed E-state index contributed by atoms with van der Waals surface area (Å²) in [6.45, 7) is 6.62. The second-order valence-corrected chi connectivity index (χ2v) is 6.28. The second kappa shape index (κ2) is 5.30. The van der Waals surface area contributed by atoms with Crippen LogP contribution in [0.25, 0.3) is 0 Å². The zero-order valence-corrected chi connectivity index (χ0v) is 11.1. The molecule has 0 bridgehead atoms. The zero-order chi connectivity index (χ0) is 11.5. The molecule has 1 saturated heterocycles. The van der Waals surface area contributed by atoms with E-state index in [9.17, 15) is 0 Å². The van der Waals surface area contributed by atoms with Gasteiger partial charge in [-0.15, -0.1) is 11.3 Å². The summed E-state index contributed by atoms with van der Waals surface area (Å²) in [5.41, 5.74) is 6.08. The molecule has 16 heavy (non-hydrogen) atoms. The van der Waals surface area contributed by atoms with E-state index in [4.69, 9.17) is 5.73 Å². The van der Waals surface area contributed by atoms with Gasteiger partial charge in [0.05, 0.1) is 0 Å². The van der Waals surface area contributed by atoms with E-state index in [1.54, 1.807) is 0 Å². The number of likely N-dealkylation sites (tertiary alicyclic amines) is 1. The lowest BCUT2D eigenvalue weighted by Gasteiger charge is -2.37. The number of aryl methyl sites for hydroxylation is 1. The summed E-state index contributed by atoms with van der Waals surface area (Å²) in [7, 11) is 0. The van der Waals surface area contributed by atoms with Crippen molar-refractivity contribution in [2.24, 2.45) is 5.73 Å². The first-order valence-electron chi connectivity index (χ1n) is 6.22. The maximum atomic E-state index is 6.08. The summed E-state index contributed by atoms with van der Waals surface area (Å²) >= 11 is 1.91. The van der Waals surface area contributed by atoms with Gasteiger partial charge in [0.25, 0.3) is 0 Å². The predicted molar refractivity (Wildman–Crippen MR) is 70.8 cm³/mol. The van der Waals surface area contributed by atoms with E-state index >= 15 is 0 Å². The van der Waals surface area contributed by atoms with Crippen molar-refractivity contribution in [3.05, 3.63) is 21.9 Å². The fraction of sp³-hybridized carbons (Fsp3) is 0.692. The van der Waals surface area contributed by atoms with Crippen LogP contribution < -0.4 is 5.73 Å². The molecule has 0 amide bonds. The highest BCUT2D eigenvalue weighted by Crippen LogP contribution is 2.24. The van der Waals surface area contributed by atoms with Crippen LogP contribution in [0.2, 0.25) is 0 Å². The van der Waals surface area contributed by atoms with E-state index in [2.05, 4.69) is 30.9 Å². The van der Waals surface area contributed by atoms with Gasteiger partial charge in [-0.3, -0.25) is 4.90 Å². The van der Waals surface area contributed by atoms with Crippen LogP contribution in [0.1, 0.15) is 35.9 Å². The van der Waals surface area contributed by atoms with E-state index in [0.29, 0.717) is 12.1 Å². The molecule has 2 atom stereocenters. The summed E-state index contributed by atoms with van der Waals surface area (Å²) in [6.07, 6.45) is 3.93. The molecule has 2 unspecified atom stereocenters. The fourth-order valence-corrected chi connectivity index (χ4v) is 3.49. The molecule has 0 aromatic carbocycles. The number of hydrogen-bond donors (Lipinski definition) is 1. The molecule has 0 radical (unpaired) electrons. The van der Waals surface area contributed by atoms with E-state index in [0.717, 1.165) is 6.54 Å². The summed E-state index contributed by atoms with van der Waals surface area (Å²) in [6, 6.07) is 5.34. The summed E-state index contributed by atoms with van der Waals surface area (Å²) in [5, 5.41) is 0. The van der Waals surface area contributed by atoms with Crippen LogP contribution in [0, 0.1) is 6.92 Å². The van der Waals surface area contributed by atoms with E-state index in [1.165, 1.54) is 35.6 Å². The number of nitrogens with two attached hydrogens (primary N) is 1. The lowest BCUT2D eigenvalue weighted by molar-refractivity contribution is 0.124. The molecule has 0 spiro atoms. The molecule has 1 aromatic heterocycles. The number of thiophene rings is 1. The Kier molecular flexibility index (Phi) is 4.00. The van der Waals surface area contributed by atoms with Crippen molar-refractivity contribution in [1.82, 2.24) is 4.90 Å². The Balaban J connectivity index is 2.01. The highest BCUT2D eigenvalue weighted by Gasteiger charge is 2.25. The number of hydrogen-bond acceptors (Lipinski definition) is 3. The second-order valence-electron chi connectivity index (χ2n) is 4.91. The average molecular weight is 238 g/mol. The highest BCUT2D eigenvalue weighted by atomic mass is 32.1. The minimum Gasteiger partial charge on any atom is -0.327 e. The Bertz CT molecular complexity index is 332. The van der Waals surface area contributed by atoms with Crippen LogP contribution in [0.3, 0.4) is 0 Å². The molecule has 1 aliphatic rings. The van der Waals surface area contributed by atoms with Gasteiger partial charge in [0, 0.05) is 28.4 Å². The van der Waals surface area contributed by atoms with Crippen LogP contribution >= 0.6 is 11.3 Å². The molecule has 0 aliphatic carbocycles. The molecule has 90 valence electrons. The molecule has 2 heterocycles. The van der Waals surface area contributed by atoms with Crippen molar-refractivity contribution in [2.45, 2.75) is 51.7 Å². The minimum absolute atomic E-state index is 0.293. The third-order valence-electron chi connectivity index (χ3n) is 3.43. The van der Waals surface area contributed by atoms with Crippen molar-refractivity contribution in [3.63, 3.8) is 0 Å². The van der Waals surface area contributed by atoms with E-state index < -0.39 is 0 Å². The van der Waals surface area contributed by atoms with Crippen molar-refractivity contribution >= 4 is 11.3 Å². The fourth-order valence-electron chi connectivity index (χ4n) is 2.58.